The van der Waals surface area contributed by atoms with E-state index in [1.165, 1.54) is 12.1 Å². The third-order valence-corrected chi connectivity index (χ3v) is 5.41. The number of carbonyl (C=O) groups excluding carboxylic acids is 1. The Morgan fingerprint density at radius 3 is 2.77 bits per heavy atom. The molecule has 31 heavy (non-hydrogen) atoms. The minimum atomic E-state index is -0.294. The molecule has 0 saturated carbocycles. The maximum Gasteiger partial charge on any atom is 0.231 e. The molecule has 0 spiro atoms. The molecule has 0 N–H and O–H groups in total. The number of Topliss-reactive ketones (excluding diaryl/α,β-unsaturated/α-hetero) is 1. The maximum atomic E-state index is 13.0. The third kappa shape index (κ3) is 4.06. The first-order chi connectivity index (χ1) is 15.1. The number of carbonyl (C=O) groups is 1. The Morgan fingerprint density at radius 1 is 1.10 bits per heavy atom. The van der Waals surface area contributed by atoms with Gasteiger partial charge in [-0.25, -0.2) is 4.39 Å². The van der Waals surface area contributed by atoms with Crippen LogP contribution in [0.1, 0.15) is 27.0 Å². The largest absolute Gasteiger partial charge is 0.489 e. The zero-order chi connectivity index (χ0) is 21.4. The molecule has 3 aromatic rings. The van der Waals surface area contributed by atoms with Crippen molar-refractivity contribution in [3.05, 3.63) is 92.9 Å². The number of ether oxygens (including phenoxy) is 4. The molecule has 0 bridgehead atoms. The SMILES string of the molecule is O=C1C(=Cc2cc(Br)cc3c2OCOC3)Oc2cc(OCc3ccc(F)cc3)ccc21. The molecule has 5 rings (SSSR count). The number of halogens is 2. The molecule has 3 aromatic carbocycles. The second-order valence-electron chi connectivity index (χ2n) is 7.11. The van der Waals surface area contributed by atoms with Crippen molar-refractivity contribution in [2.24, 2.45) is 0 Å². The highest BCUT2D eigenvalue weighted by atomic mass is 79.9. The van der Waals surface area contributed by atoms with Crippen molar-refractivity contribution in [2.75, 3.05) is 6.79 Å². The number of fused-ring (bicyclic) bond motifs is 2. The topological polar surface area (TPSA) is 54.0 Å². The molecule has 0 radical (unpaired) electrons. The van der Waals surface area contributed by atoms with Crippen LogP contribution in [0.25, 0.3) is 6.08 Å². The first-order valence-electron chi connectivity index (χ1n) is 9.55. The third-order valence-electron chi connectivity index (χ3n) is 4.95. The molecule has 0 fully saturated rings. The van der Waals surface area contributed by atoms with Crippen molar-refractivity contribution in [1.29, 1.82) is 0 Å². The minimum absolute atomic E-state index is 0.161. The number of benzene rings is 3. The van der Waals surface area contributed by atoms with Crippen molar-refractivity contribution in [3.63, 3.8) is 0 Å². The molecule has 0 unspecified atom stereocenters. The van der Waals surface area contributed by atoms with Gasteiger partial charge in [0.25, 0.3) is 0 Å². The Kier molecular flexibility index (Phi) is 5.21. The molecular formula is C24H16BrFO5. The standard InChI is InChI=1S/C24H16BrFO5/c25-17-7-15(24-16(8-17)12-28-13-30-24)9-22-23(27)20-6-5-19(10-21(20)31-22)29-11-14-1-3-18(26)4-2-14/h1-10H,11-13H2. The Morgan fingerprint density at radius 2 is 1.94 bits per heavy atom. The van der Waals surface area contributed by atoms with Gasteiger partial charge in [0.15, 0.2) is 12.6 Å². The van der Waals surface area contributed by atoms with Gasteiger partial charge in [0, 0.05) is 21.7 Å². The molecule has 0 saturated heterocycles. The van der Waals surface area contributed by atoms with Gasteiger partial charge in [-0.2, -0.15) is 0 Å². The van der Waals surface area contributed by atoms with Crippen molar-refractivity contribution in [1.82, 2.24) is 0 Å². The Balaban J connectivity index is 1.38. The zero-order valence-electron chi connectivity index (χ0n) is 16.2. The Hall–Kier alpha value is -3.16. The van der Waals surface area contributed by atoms with E-state index in [4.69, 9.17) is 18.9 Å². The van der Waals surface area contributed by atoms with Crippen molar-refractivity contribution in [2.45, 2.75) is 13.2 Å². The van der Waals surface area contributed by atoms with Crippen molar-refractivity contribution < 1.29 is 28.1 Å². The van der Waals surface area contributed by atoms with Crippen LogP contribution < -0.4 is 14.2 Å². The summed E-state index contributed by atoms with van der Waals surface area (Å²) in [6.45, 7) is 0.878. The van der Waals surface area contributed by atoms with Gasteiger partial charge in [0.1, 0.15) is 29.7 Å². The summed E-state index contributed by atoms with van der Waals surface area (Å²) >= 11 is 3.48. The molecule has 156 valence electrons. The normalized spacial score (nSPS) is 15.8. The van der Waals surface area contributed by atoms with E-state index in [0.717, 1.165) is 21.2 Å². The smallest absolute Gasteiger partial charge is 0.231 e. The molecule has 2 aliphatic heterocycles. The average Bonchev–Trinajstić information content (AvgIpc) is 3.08. The summed E-state index contributed by atoms with van der Waals surface area (Å²) in [4.78, 5) is 12.8. The summed E-state index contributed by atoms with van der Waals surface area (Å²) in [6.07, 6.45) is 1.68. The number of allylic oxidation sites excluding steroid dienone is 1. The van der Waals surface area contributed by atoms with E-state index < -0.39 is 0 Å². The molecule has 5 nitrogen and oxygen atoms in total. The second-order valence-corrected chi connectivity index (χ2v) is 8.02. The second kappa shape index (κ2) is 8.17. The molecule has 0 amide bonds. The minimum Gasteiger partial charge on any atom is -0.489 e. The Labute approximate surface area is 186 Å². The molecule has 0 atom stereocenters. The summed E-state index contributed by atoms with van der Waals surface area (Å²) in [6, 6.07) is 15.0. The lowest BCUT2D eigenvalue weighted by atomic mass is 10.1. The number of rotatable bonds is 4. The number of hydrogen-bond acceptors (Lipinski definition) is 5. The van der Waals surface area contributed by atoms with Gasteiger partial charge >= 0.3 is 0 Å². The van der Waals surface area contributed by atoms with Gasteiger partial charge in [-0.1, -0.05) is 28.1 Å². The summed E-state index contributed by atoms with van der Waals surface area (Å²) in [5, 5.41) is 0. The van der Waals surface area contributed by atoms with Gasteiger partial charge in [-0.05, 0) is 48.0 Å². The van der Waals surface area contributed by atoms with E-state index in [2.05, 4.69) is 15.9 Å². The summed E-state index contributed by atoms with van der Waals surface area (Å²) in [5.74, 6) is 1.37. The quantitative estimate of drug-likeness (QED) is 0.449. The van der Waals surface area contributed by atoms with Gasteiger partial charge in [-0.15, -0.1) is 0 Å². The Bertz CT molecular complexity index is 1200. The van der Waals surface area contributed by atoms with Crippen LogP contribution in [0, 0.1) is 5.82 Å². The van der Waals surface area contributed by atoms with Crippen molar-refractivity contribution >= 4 is 27.8 Å². The lowest BCUT2D eigenvalue weighted by Crippen LogP contribution is -2.12. The van der Waals surface area contributed by atoms with Gasteiger partial charge in [0.05, 0.1) is 12.2 Å². The van der Waals surface area contributed by atoms with E-state index in [1.807, 2.05) is 12.1 Å². The fourth-order valence-corrected chi connectivity index (χ4v) is 3.98. The van der Waals surface area contributed by atoms with E-state index in [0.29, 0.717) is 29.4 Å². The molecular weight excluding hydrogens is 467 g/mol. The lowest BCUT2D eigenvalue weighted by Gasteiger charge is -2.20. The van der Waals surface area contributed by atoms with Crippen LogP contribution in [0.2, 0.25) is 0 Å². The van der Waals surface area contributed by atoms with Crippen LogP contribution >= 0.6 is 15.9 Å². The molecule has 0 aromatic heterocycles. The number of hydrogen-bond donors (Lipinski definition) is 0. The highest BCUT2D eigenvalue weighted by molar-refractivity contribution is 9.10. The fourth-order valence-electron chi connectivity index (χ4n) is 3.46. The van der Waals surface area contributed by atoms with Gasteiger partial charge in [-0.3, -0.25) is 4.79 Å². The predicted octanol–water partition coefficient (Wildman–Crippen LogP) is 5.65. The van der Waals surface area contributed by atoms with Gasteiger partial charge < -0.3 is 18.9 Å². The highest BCUT2D eigenvalue weighted by Gasteiger charge is 2.28. The van der Waals surface area contributed by atoms with Gasteiger partial charge in [0.2, 0.25) is 5.78 Å². The predicted molar refractivity (Wildman–Crippen MR) is 115 cm³/mol. The van der Waals surface area contributed by atoms with Crippen molar-refractivity contribution in [3.8, 4) is 17.2 Å². The molecule has 0 aliphatic carbocycles. The van der Waals surface area contributed by atoms with E-state index in [9.17, 15) is 9.18 Å². The van der Waals surface area contributed by atoms with Crippen LogP contribution in [0.3, 0.4) is 0 Å². The van der Waals surface area contributed by atoms with Crippen LogP contribution in [0.15, 0.2) is 64.8 Å². The molecule has 2 heterocycles. The van der Waals surface area contributed by atoms with Crippen LogP contribution in [-0.4, -0.2) is 12.6 Å². The highest BCUT2D eigenvalue weighted by Crippen LogP contribution is 2.38. The first kappa shape index (κ1) is 19.8. The summed E-state index contributed by atoms with van der Waals surface area (Å²) in [7, 11) is 0. The average molecular weight is 483 g/mol. The summed E-state index contributed by atoms with van der Waals surface area (Å²) < 4.78 is 36.5. The fraction of sp³-hybridized carbons (Fsp3) is 0.125. The monoisotopic (exact) mass is 482 g/mol. The zero-order valence-corrected chi connectivity index (χ0v) is 17.8. The molecule has 2 aliphatic rings. The summed E-state index contributed by atoms with van der Waals surface area (Å²) in [5.41, 5.74) is 2.93. The maximum absolute atomic E-state index is 13.0. The van der Waals surface area contributed by atoms with E-state index in [1.54, 1.807) is 36.4 Å². The van der Waals surface area contributed by atoms with Crippen LogP contribution in [0.4, 0.5) is 4.39 Å². The van der Waals surface area contributed by atoms with Crippen LogP contribution in [0.5, 0.6) is 17.2 Å². The first-order valence-corrected chi connectivity index (χ1v) is 10.3. The number of ketones is 1. The van der Waals surface area contributed by atoms with E-state index in [-0.39, 0.29) is 30.8 Å². The lowest BCUT2D eigenvalue weighted by molar-refractivity contribution is -0.0165. The van der Waals surface area contributed by atoms with Crippen LogP contribution in [-0.2, 0) is 18.0 Å². The van der Waals surface area contributed by atoms with E-state index >= 15 is 0 Å². The molecule has 7 heteroatoms.